The van der Waals surface area contributed by atoms with Crippen molar-refractivity contribution in [3.63, 3.8) is 0 Å². The molecule has 6 aromatic rings. The highest BCUT2D eigenvalue weighted by atomic mass is 15.0. The summed E-state index contributed by atoms with van der Waals surface area (Å²) in [6.45, 7) is 6.08. The van der Waals surface area contributed by atoms with Gasteiger partial charge in [-0.15, -0.1) is 0 Å². The summed E-state index contributed by atoms with van der Waals surface area (Å²) in [6, 6.07) is 65.3. The van der Waals surface area contributed by atoms with Crippen LogP contribution in [0.1, 0.15) is 84.7 Å². The first kappa shape index (κ1) is 40.8. The van der Waals surface area contributed by atoms with E-state index in [-0.39, 0.29) is 0 Å². The van der Waals surface area contributed by atoms with E-state index in [4.69, 9.17) is 0 Å². The molecule has 4 nitrogen and oxygen atoms in total. The molecule has 0 aliphatic carbocycles. The number of unbranched alkanes of at least 4 members (excludes halogenated alkanes) is 5. The van der Waals surface area contributed by atoms with Gasteiger partial charge in [0.2, 0.25) is 0 Å². The van der Waals surface area contributed by atoms with Crippen LogP contribution in [-0.4, -0.2) is 39.3 Å². The van der Waals surface area contributed by atoms with Crippen LogP contribution in [0.5, 0.6) is 0 Å². The first-order chi connectivity index (χ1) is 27.8. The molecule has 0 saturated carbocycles. The van der Waals surface area contributed by atoms with Crippen LogP contribution < -0.4 is 21.3 Å². The van der Waals surface area contributed by atoms with Gasteiger partial charge in [-0.25, -0.2) is 0 Å². The standard InChI is InChI=1S/C52H62N4/c1(3-23-39-53-41-25-43-55-51(45-27-11-5-12-28-45,46-29-13-6-14-30-46)47-31-15-7-16-32-47)2-4-24-40-54-42-26-44-56-52(48-33-17-8-18-34-48,49-35-19-9-20-36-49)50-37-21-10-22-38-50/h5-22,27-38,53-56H,1-4,23-26,39-44H2. The van der Waals surface area contributed by atoms with E-state index in [0.29, 0.717) is 0 Å². The van der Waals surface area contributed by atoms with Gasteiger partial charge in [-0.1, -0.05) is 208 Å². The summed E-state index contributed by atoms with van der Waals surface area (Å²) in [7, 11) is 0. The van der Waals surface area contributed by atoms with Gasteiger partial charge in [0.1, 0.15) is 0 Å². The molecule has 6 rings (SSSR count). The van der Waals surface area contributed by atoms with Crippen LogP contribution in [0.4, 0.5) is 0 Å². The number of nitrogens with one attached hydrogen (secondary N) is 4. The summed E-state index contributed by atoms with van der Waals surface area (Å²) < 4.78 is 0. The average Bonchev–Trinajstić information content (AvgIpc) is 3.28. The van der Waals surface area contributed by atoms with Crippen LogP contribution in [-0.2, 0) is 11.1 Å². The molecular weight excluding hydrogens is 681 g/mol. The van der Waals surface area contributed by atoms with Gasteiger partial charge in [-0.05, 0) is 98.3 Å². The highest BCUT2D eigenvalue weighted by Gasteiger charge is 2.36. The van der Waals surface area contributed by atoms with Crippen molar-refractivity contribution in [3.8, 4) is 0 Å². The predicted octanol–water partition coefficient (Wildman–Crippen LogP) is 10.4. The highest BCUT2D eigenvalue weighted by molar-refractivity contribution is 5.50. The second kappa shape index (κ2) is 22.6. The molecule has 0 atom stereocenters. The molecule has 0 fully saturated rings. The third-order valence-electron chi connectivity index (χ3n) is 11.0. The molecular formula is C52H62N4. The molecule has 0 radical (unpaired) electrons. The van der Waals surface area contributed by atoms with Gasteiger partial charge in [0.25, 0.3) is 0 Å². The van der Waals surface area contributed by atoms with E-state index in [1.807, 2.05) is 0 Å². The Hall–Kier alpha value is -4.84. The van der Waals surface area contributed by atoms with Gasteiger partial charge in [-0.3, -0.25) is 10.6 Å². The number of benzene rings is 6. The summed E-state index contributed by atoms with van der Waals surface area (Å²) >= 11 is 0. The Balaban J connectivity index is 0.839. The minimum absolute atomic E-state index is 0.392. The fourth-order valence-electron chi connectivity index (χ4n) is 8.18. The molecule has 0 aliphatic rings. The molecule has 0 bridgehead atoms. The van der Waals surface area contributed by atoms with E-state index in [1.54, 1.807) is 0 Å². The maximum atomic E-state index is 4.01. The zero-order chi connectivity index (χ0) is 38.4. The maximum Gasteiger partial charge on any atom is 0.0947 e. The van der Waals surface area contributed by atoms with Gasteiger partial charge in [0.15, 0.2) is 0 Å². The normalized spacial score (nSPS) is 11.8. The van der Waals surface area contributed by atoms with E-state index in [9.17, 15) is 0 Å². The second-order valence-corrected chi connectivity index (χ2v) is 14.9. The molecule has 0 amide bonds. The van der Waals surface area contributed by atoms with Crippen molar-refractivity contribution in [2.24, 2.45) is 0 Å². The lowest BCUT2D eigenvalue weighted by Gasteiger charge is -2.37. The molecule has 4 heteroatoms. The second-order valence-electron chi connectivity index (χ2n) is 14.9. The summed E-state index contributed by atoms with van der Waals surface area (Å²) in [4.78, 5) is 0. The van der Waals surface area contributed by atoms with Crippen molar-refractivity contribution in [2.75, 3.05) is 39.3 Å². The van der Waals surface area contributed by atoms with Crippen molar-refractivity contribution < 1.29 is 0 Å². The van der Waals surface area contributed by atoms with Crippen LogP contribution in [0.25, 0.3) is 0 Å². The van der Waals surface area contributed by atoms with E-state index in [1.165, 1.54) is 71.9 Å². The average molecular weight is 743 g/mol. The van der Waals surface area contributed by atoms with Crippen LogP contribution in [0, 0.1) is 0 Å². The van der Waals surface area contributed by atoms with Gasteiger partial charge < -0.3 is 10.6 Å². The van der Waals surface area contributed by atoms with E-state index >= 15 is 0 Å². The summed E-state index contributed by atoms with van der Waals surface area (Å²) in [5, 5.41) is 15.4. The van der Waals surface area contributed by atoms with Crippen molar-refractivity contribution in [1.29, 1.82) is 0 Å². The maximum absolute atomic E-state index is 4.01. The zero-order valence-corrected chi connectivity index (χ0v) is 33.2. The van der Waals surface area contributed by atoms with Crippen molar-refractivity contribution >= 4 is 0 Å². The largest absolute Gasteiger partial charge is 0.317 e. The summed E-state index contributed by atoms with van der Waals surface area (Å²) in [6.07, 6.45) is 9.89. The SMILES string of the molecule is c1ccc(C(NCCCNCCCCCCCCNCCCNC(c2ccccc2)(c2ccccc2)c2ccccc2)(c2ccccc2)c2ccccc2)cc1. The Morgan fingerprint density at radius 1 is 0.232 bits per heavy atom. The topological polar surface area (TPSA) is 48.1 Å². The Morgan fingerprint density at radius 2 is 0.446 bits per heavy atom. The lowest BCUT2D eigenvalue weighted by atomic mass is 9.77. The fraction of sp³-hybridized carbons (Fsp3) is 0.308. The van der Waals surface area contributed by atoms with Crippen LogP contribution in [0.3, 0.4) is 0 Å². The molecule has 6 aromatic carbocycles. The Morgan fingerprint density at radius 3 is 0.696 bits per heavy atom. The summed E-state index contributed by atoms with van der Waals surface area (Å²) in [5.74, 6) is 0. The number of rotatable bonds is 25. The first-order valence-corrected chi connectivity index (χ1v) is 21.1. The highest BCUT2D eigenvalue weighted by Crippen LogP contribution is 2.38. The van der Waals surface area contributed by atoms with Crippen LogP contribution in [0.2, 0.25) is 0 Å². The fourth-order valence-corrected chi connectivity index (χ4v) is 8.18. The lowest BCUT2D eigenvalue weighted by molar-refractivity contribution is 0.456. The quantitative estimate of drug-likeness (QED) is 0.0349. The molecule has 0 unspecified atom stereocenters. The molecule has 56 heavy (non-hydrogen) atoms. The molecule has 290 valence electrons. The monoisotopic (exact) mass is 742 g/mol. The summed E-state index contributed by atoms with van der Waals surface area (Å²) in [5.41, 5.74) is 6.81. The minimum atomic E-state index is -0.392. The first-order valence-electron chi connectivity index (χ1n) is 21.1. The molecule has 0 saturated heterocycles. The molecule has 0 aromatic heterocycles. The van der Waals surface area contributed by atoms with Gasteiger partial charge >= 0.3 is 0 Å². The molecule has 0 aliphatic heterocycles. The smallest absolute Gasteiger partial charge is 0.0947 e. The van der Waals surface area contributed by atoms with Gasteiger partial charge in [-0.2, -0.15) is 0 Å². The zero-order valence-electron chi connectivity index (χ0n) is 33.2. The molecule has 0 spiro atoms. The van der Waals surface area contributed by atoms with Crippen LogP contribution >= 0.6 is 0 Å². The third kappa shape index (κ3) is 10.9. The minimum Gasteiger partial charge on any atom is -0.317 e. The van der Waals surface area contributed by atoms with Crippen molar-refractivity contribution in [3.05, 3.63) is 215 Å². The van der Waals surface area contributed by atoms with E-state index in [0.717, 1.165) is 52.1 Å². The van der Waals surface area contributed by atoms with Gasteiger partial charge in [0, 0.05) is 0 Å². The van der Waals surface area contributed by atoms with E-state index in [2.05, 4.69) is 203 Å². The number of hydrogen-bond acceptors (Lipinski definition) is 4. The molecule has 4 N–H and O–H groups in total. The predicted molar refractivity (Wildman–Crippen MR) is 237 cm³/mol. The lowest BCUT2D eigenvalue weighted by Crippen LogP contribution is -2.45. The van der Waals surface area contributed by atoms with Crippen molar-refractivity contribution in [2.45, 2.75) is 62.4 Å². The van der Waals surface area contributed by atoms with E-state index < -0.39 is 11.1 Å². The van der Waals surface area contributed by atoms with Gasteiger partial charge in [0.05, 0.1) is 11.1 Å². The van der Waals surface area contributed by atoms with Crippen LogP contribution in [0.15, 0.2) is 182 Å². The Labute approximate surface area is 337 Å². The Bertz CT molecular complexity index is 1550. The number of hydrogen-bond donors (Lipinski definition) is 4. The molecule has 0 heterocycles. The Kier molecular flexibility index (Phi) is 16.5. The third-order valence-corrected chi connectivity index (χ3v) is 11.0. The van der Waals surface area contributed by atoms with Crippen molar-refractivity contribution in [1.82, 2.24) is 21.3 Å².